The number of aliphatic hydroxyl groups is 1. The number of carbonyl (C=O) groups is 1. The van der Waals surface area contributed by atoms with Crippen molar-refractivity contribution in [3.63, 3.8) is 0 Å². The zero-order chi connectivity index (χ0) is 16.1. The molecule has 1 amide bonds. The molecule has 0 aliphatic heterocycles. The number of H-pyrrole nitrogens is 1. The molecule has 120 valence electrons. The SMILES string of the molecule is CCCCN(CCCO)C(=O)c1ccc2[nH]c(C)c(C)c2c1. The molecule has 0 radical (unpaired) electrons. The van der Waals surface area contributed by atoms with E-state index in [2.05, 4.69) is 18.8 Å². The number of amides is 1. The van der Waals surface area contributed by atoms with Crippen LogP contribution in [0.1, 0.15) is 47.8 Å². The van der Waals surface area contributed by atoms with E-state index in [1.165, 1.54) is 5.56 Å². The molecule has 2 N–H and O–H groups in total. The van der Waals surface area contributed by atoms with Crippen molar-refractivity contribution in [1.29, 1.82) is 0 Å². The number of aryl methyl sites for hydroxylation is 2. The van der Waals surface area contributed by atoms with Crippen LogP contribution < -0.4 is 0 Å². The van der Waals surface area contributed by atoms with Crippen molar-refractivity contribution in [2.75, 3.05) is 19.7 Å². The molecule has 1 heterocycles. The van der Waals surface area contributed by atoms with E-state index in [1.807, 2.05) is 30.0 Å². The van der Waals surface area contributed by atoms with Crippen molar-refractivity contribution in [2.45, 2.75) is 40.0 Å². The van der Waals surface area contributed by atoms with Gasteiger partial charge in [-0.2, -0.15) is 0 Å². The second-order valence-corrected chi connectivity index (χ2v) is 5.86. The number of hydrogen-bond acceptors (Lipinski definition) is 2. The highest BCUT2D eigenvalue weighted by Crippen LogP contribution is 2.23. The molecule has 0 aliphatic carbocycles. The Kier molecular flexibility index (Phi) is 5.61. The van der Waals surface area contributed by atoms with Gasteiger partial charge < -0.3 is 15.0 Å². The summed E-state index contributed by atoms with van der Waals surface area (Å²) in [7, 11) is 0. The molecule has 1 aromatic heterocycles. The van der Waals surface area contributed by atoms with E-state index in [-0.39, 0.29) is 12.5 Å². The summed E-state index contributed by atoms with van der Waals surface area (Å²) in [6, 6.07) is 5.85. The minimum Gasteiger partial charge on any atom is -0.396 e. The first-order chi connectivity index (χ1) is 10.6. The monoisotopic (exact) mass is 302 g/mol. The average Bonchev–Trinajstić information content (AvgIpc) is 2.81. The fourth-order valence-corrected chi connectivity index (χ4v) is 2.70. The Morgan fingerprint density at radius 1 is 1.23 bits per heavy atom. The van der Waals surface area contributed by atoms with Gasteiger partial charge in [0.2, 0.25) is 0 Å². The number of carbonyl (C=O) groups excluding carboxylic acids is 1. The van der Waals surface area contributed by atoms with Gasteiger partial charge >= 0.3 is 0 Å². The van der Waals surface area contributed by atoms with Crippen molar-refractivity contribution in [3.05, 3.63) is 35.0 Å². The number of rotatable bonds is 7. The largest absolute Gasteiger partial charge is 0.396 e. The molecule has 4 heteroatoms. The first kappa shape index (κ1) is 16.6. The van der Waals surface area contributed by atoms with Crippen LogP contribution >= 0.6 is 0 Å². The lowest BCUT2D eigenvalue weighted by Crippen LogP contribution is -2.33. The number of nitrogens with zero attached hydrogens (tertiary/aromatic N) is 1. The van der Waals surface area contributed by atoms with Crippen LogP contribution in [0.3, 0.4) is 0 Å². The lowest BCUT2D eigenvalue weighted by Gasteiger charge is -2.22. The third-order valence-corrected chi connectivity index (χ3v) is 4.21. The van der Waals surface area contributed by atoms with Crippen molar-refractivity contribution in [3.8, 4) is 0 Å². The Morgan fingerprint density at radius 2 is 1.95 bits per heavy atom. The summed E-state index contributed by atoms with van der Waals surface area (Å²) in [5.74, 6) is 0.0575. The summed E-state index contributed by atoms with van der Waals surface area (Å²) >= 11 is 0. The first-order valence-electron chi connectivity index (χ1n) is 8.07. The van der Waals surface area contributed by atoms with Crippen molar-refractivity contribution in [2.24, 2.45) is 0 Å². The molecule has 0 aliphatic rings. The van der Waals surface area contributed by atoms with E-state index in [0.717, 1.165) is 41.5 Å². The lowest BCUT2D eigenvalue weighted by atomic mass is 10.1. The normalized spacial score (nSPS) is 11.1. The van der Waals surface area contributed by atoms with Gasteiger partial charge in [-0.15, -0.1) is 0 Å². The van der Waals surface area contributed by atoms with Gasteiger partial charge in [-0.3, -0.25) is 4.79 Å². The Labute approximate surface area is 132 Å². The summed E-state index contributed by atoms with van der Waals surface area (Å²) in [6.45, 7) is 7.71. The number of benzene rings is 1. The van der Waals surface area contributed by atoms with Crippen LogP contribution in [-0.2, 0) is 0 Å². The summed E-state index contributed by atoms with van der Waals surface area (Å²) in [5.41, 5.74) is 4.13. The molecular formula is C18H26N2O2. The highest BCUT2D eigenvalue weighted by molar-refractivity contribution is 5.99. The molecule has 0 saturated carbocycles. The first-order valence-corrected chi connectivity index (χ1v) is 8.07. The van der Waals surface area contributed by atoms with Crippen LogP contribution in [0.15, 0.2) is 18.2 Å². The van der Waals surface area contributed by atoms with Gasteiger partial charge in [0, 0.05) is 41.9 Å². The summed E-state index contributed by atoms with van der Waals surface area (Å²) in [5, 5.41) is 10.1. The fraction of sp³-hybridized carbons (Fsp3) is 0.500. The molecule has 4 nitrogen and oxygen atoms in total. The minimum atomic E-state index is 0.0575. The van der Waals surface area contributed by atoms with Gasteiger partial charge in [0.05, 0.1) is 0 Å². The maximum Gasteiger partial charge on any atom is 0.253 e. The van der Waals surface area contributed by atoms with E-state index in [4.69, 9.17) is 5.11 Å². The zero-order valence-corrected chi connectivity index (χ0v) is 13.8. The molecule has 0 unspecified atom stereocenters. The molecule has 0 spiro atoms. The highest BCUT2D eigenvalue weighted by atomic mass is 16.3. The van der Waals surface area contributed by atoms with E-state index in [1.54, 1.807) is 0 Å². The number of hydrogen-bond donors (Lipinski definition) is 2. The van der Waals surface area contributed by atoms with Crippen LogP contribution in [0, 0.1) is 13.8 Å². The predicted molar refractivity (Wildman–Crippen MR) is 90.3 cm³/mol. The molecule has 0 atom stereocenters. The summed E-state index contributed by atoms with van der Waals surface area (Å²) < 4.78 is 0. The van der Waals surface area contributed by atoms with E-state index < -0.39 is 0 Å². The van der Waals surface area contributed by atoms with E-state index in [9.17, 15) is 4.79 Å². The van der Waals surface area contributed by atoms with E-state index >= 15 is 0 Å². The Hall–Kier alpha value is -1.81. The highest BCUT2D eigenvalue weighted by Gasteiger charge is 2.16. The minimum absolute atomic E-state index is 0.0575. The number of aromatic nitrogens is 1. The molecule has 2 rings (SSSR count). The Morgan fingerprint density at radius 3 is 2.64 bits per heavy atom. The summed E-state index contributed by atoms with van der Waals surface area (Å²) in [4.78, 5) is 17.9. The van der Waals surface area contributed by atoms with E-state index in [0.29, 0.717) is 13.0 Å². The Bertz CT molecular complexity index is 638. The molecule has 0 bridgehead atoms. The molecule has 22 heavy (non-hydrogen) atoms. The van der Waals surface area contributed by atoms with Crippen LogP contribution in [0.25, 0.3) is 10.9 Å². The summed E-state index contributed by atoms with van der Waals surface area (Å²) in [6.07, 6.45) is 2.67. The van der Waals surface area contributed by atoms with Gasteiger partial charge in [-0.25, -0.2) is 0 Å². The zero-order valence-electron chi connectivity index (χ0n) is 13.8. The number of unbranched alkanes of at least 4 members (excludes halogenated alkanes) is 1. The van der Waals surface area contributed by atoms with Crippen LogP contribution in [0.5, 0.6) is 0 Å². The molecule has 2 aromatic rings. The second kappa shape index (κ2) is 7.45. The predicted octanol–water partition coefficient (Wildman–Crippen LogP) is 3.41. The number of nitrogens with one attached hydrogen (secondary N) is 1. The van der Waals surface area contributed by atoms with Crippen LogP contribution in [0.2, 0.25) is 0 Å². The average molecular weight is 302 g/mol. The topological polar surface area (TPSA) is 56.3 Å². The van der Waals surface area contributed by atoms with Crippen molar-refractivity contribution in [1.82, 2.24) is 9.88 Å². The molecular weight excluding hydrogens is 276 g/mol. The van der Waals surface area contributed by atoms with Crippen LogP contribution in [-0.4, -0.2) is 40.6 Å². The fourth-order valence-electron chi connectivity index (χ4n) is 2.70. The number of aliphatic hydroxyl groups excluding tert-OH is 1. The smallest absolute Gasteiger partial charge is 0.253 e. The molecule has 0 fully saturated rings. The third kappa shape index (κ3) is 3.50. The van der Waals surface area contributed by atoms with Gasteiger partial charge in [-0.05, 0) is 50.5 Å². The molecule has 1 aromatic carbocycles. The van der Waals surface area contributed by atoms with Gasteiger partial charge in [0.25, 0.3) is 5.91 Å². The maximum absolute atomic E-state index is 12.8. The quantitative estimate of drug-likeness (QED) is 0.823. The number of fused-ring (bicyclic) bond motifs is 1. The van der Waals surface area contributed by atoms with Gasteiger partial charge in [0.15, 0.2) is 0 Å². The lowest BCUT2D eigenvalue weighted by molar-refractivity contribution is 0.0743. The van der Waals surface area contributed by atoms with Gasteiger partial charge in [-0.1, -0.05) is 13.3 Å². The Balaban J connectivity index is 2.26. The second-order valence-electron chi connectivity index (χ2n) is 5.86. The molecule has 0 saturated heterocycles. The standard InChI is InChI=1S/C18H26N2O2/c1-4-5-9-20(10-6-11-21)18(22)15-7-8-17-16(12-15)13(2)14(3)19-17/h7-8,12,19,21H,4-6,9-11H2,1-3H3. The van der Waals surface area contributed by atoms with Crippen LogP contribution in [0.4, 0.5) is 0 Å². The van der Waals surface area contributed by atoms with Gasteiger partial charge in [0.1, 0.15) is 0 Å². The number of aromatic amines is 1. The maximum atomic E-state index is 12.8. The van der Waals surface area contributed by atoms with Crippen molar-refractivity contribution >= 4 is 16.8 Å². The van der Waals surface area contributed by atoms with Crippen molar-refractivity contribution < 1.29 is 9.90 Å². The third-order valence-electron chi connectivity index (χ3n) is 4.21.